The number of halogens is 1. The van der Waals surface area contributed by atoms with Crippen molar-refractivity contribution in [2.24, 2.45) is 5.41 Å². The maximum absolute atomic E-state index is 3.47. The molecule has 1 saturated heterocycles. The number of rotatable bonds is 0. The van der Waals surface area contributed by atoms with Crippen molar-refractivity contribution in [3.8, 4) is 0 Å². The largest absolute Gasteiger partial charge is 0.314 e. The van der Waals surface area contributed by atoms with E-state index in [1.807, 2.05) is 0 Å². The highest BCUT2D eigenvalue weighted by atomic mass is 35.5. The van der Waals surface area contributed by atoms with Crippen molar-refractivity contribution < 1.29 is 0 Å². The Morgan fingerprint density at radius 1 is 1.33 bits per heavy atom. The van der Waals surface area contributed by atoms with E-state index in [1.165, 1.54) is 25.8 Å². The van der Waals surface area contributed by atoms with Gasteiger partial charge >= 0.3 is 0 Å². The lowest BCUT2D eigenvalue weighted by Gasteiger charge is -2.10. The zero-order valence-corrected chi connectivity index (χ0v) is 6.63. The van der Waals surface area contributed by atoms with Crippen molar-refractivity contribution in [1.29, 1.82) is 0 Å². The van der Waals surface area contributed by atoms with Gasteiger partial charge in [0, 0.05) is 6.04 Å². The van der Waals surface area contributed by atoms with Gasteiger partial charge in [0.05, 0.1) is 0 Å². The molecule has 2 fully saturated rings. The van der Waals surface area contributed by atoms with Gasteiger partial charge in [-0.15, -0.1) is 12.4 Å². The molecule has 0 aromatic heterocycles. The lowest BCUT2D eigenvalue weighted by atomic mass is 9.99. The third kappa shape index (κ3) is 0.968. The van der Waals surface area contributed by atoms with Crippen LogP contribution < -0.4 is 5.32 Å². The molecule has 54 valence electrons. The second-order valence-corrected chi connectivity index (χ2v) is 3.29. The van der Waals surface area contributed by atoms with Gasteiger partial charge in [-0.3, -0.25) is 0 Å². The molecule has 2 aliphatic rings. The van der Waals surface area contributed by atoms with Gasteiger partial charge in [-0.25, -0.2) is 0 Å². The molecule has 2 heteroatoms. The third-order valence-corrected chi connectivity index (χ3v) is 2.88. The van der Waals surface area contributed by atoms with Crippen LogP contribution in [0.25, 0.3) is 0 Å². The normalized spacial score (nSPS) is 36.3. The molecular weight excluding hydrogens is 134 g/mol. The van der Waals surface area contributed by atoms with Gasteiger partial charge in [0.25, 0.3) is 0 Å². The predicted octanol–water partition coefficient (Wildman–Crippen LogP) is 1.57. The van der Waals surface area contributed by atoms with Crippen LogP contribution >= 0.6 is 12.4 Å². The first-order chi connectivity index (χ1) is 3.83. The van der Waals surface area contributed by atoms with E-state index in [-0.39, 0.29) is 12.4 Å². The van der Waals surface area contributed by atoms with Crippen molar-refractivity contribution in [2.45, 2.75) is 32.2 Å². The van der Waals surface area contributed by atoms with E-state index < -0.39 is 0 Å². The molecule has 0 aromatic carbocycles. The number of hydrogen-bond donors (Lipinski definition) is 1. The molecule has 0 amide bonds. The summed E-state index contributed by atoms with van der Waals surface area (Å²) in [6.45, 7) is 3.58. The van der Waals surface area contributed by atoms with Crippen molar-refractivity contribution in [2.75, 3.05) is 6.54 Å². The van der Waals surface area contributed by atoms with Crippen LogP contribution in [0.15, 0.2) is 0 Å². The van der Waals surface area contributed by atoms with Crippen LogP contribution in [0.4, 0.5) is 0 Å². The van der Waals surface area contributed by atoms with E-state index in [1.54, 1.807) is 0 Å². The summed E-state index contributed by atoms with van der Waals surface area (Å²) in [5, 5.41) is 3.47. The molecule has 2 rings (SSSR count). The maximum Gasteiger partial charge on any atom is 0.00956 e. The van der Waals surface area contributed by atoms with Gasteiger partial charge in [0.1, 0.15) is 0 Å². The van der Waals surface area contributed by atoms with E-state index in [0.29, 0.717) is 0 Å². The second kappa shape index (κ2) is 2.14. The Kier molecular flexibility index (Phi) is 1.75. The summed E-state index contributed by atoms with van der Waals surface area (Å²) < 4.78 is 0. The van der Waals surface area contributed by atoms with Gasteiger partial charge in [0.2, 0.25) is 0 Å². The van der Waals surface area contributed by atoms with E-state index >= 15 is 0 Å². The smallest absolute Gasteiger partial charge is 0.00956 e. The van der Waals surface area contributed by atoms with Crippen LogP contribution in [0, 0.1) is 5.41 Å². The molecule has 1 unspecified atom stereocenters. The van der Waals surface area contributed by atoms with Crippen molar-refractivity contribution >= 4 is 12.4 Å². The second-order valence-electron chi connectivity index (χ2n) is 3.29. The SMILES string of the molecule is CC1NCCC12CC2.Cl. The van der Waals surface area contributed by atoms with Crippen LogP contribution in [-0.2, 0) is 0 Å². The zero-order valence-electron chi connectivity index (χ0n) is 5.81. The van der Waals surface area contributed by atoms with E-state index in [2.05, 4.69) is 12.2 Å². The average Bonchev–Trinajstić information content (AvgIpc) is 2.39. The Morgan fingerprint density at radius 3 is 2.22 bits per heavy atom. The Bertz CT molecular complexity index is 109. The van der Waals surface area contributed by atoms with Gasteiger partial charge in [-0.1, -0.05) is 0 Å². The molecule has 1 nitrogen and oxygen atoms in total. The standard InChI is InChI=1S/C7H13N.ClH/c1-6-7(2-3-7)4-5-8-6;/h6,8H,2-5H2,1H3;1H. The van der Waals surface area contributed by atoms with Crippen LogP contribution in [0.2, 0.25) is 0 Å². The first-order valence-corrected chi connectivity index (χ1v) is 3.57. The molecular formula is C7H14ClN. The number of nitrogens with one attached hydrogen (secondary N) is 1. The maximum atomic E-state index is 3.47. The molecule has 1 saturated carbocycles. The van der Waals surface area contributed by atoms with E-state index in [0.717, 1.165) is 11.5 Å². The average molecular weight is 148 g/mol. The van der Waals surface area contributed by atoms with Crippen LogP contribution in [-0.4, -0.2) is 12.6 Å². The summed E-state index contributed by atoms with van der Waals surface area (Å²) in [5.74, 6) is 0. The van der Waals surface area contributed by atoms with E-state index in [9.17, 15) is 0 Å². The van der Waals surface area contributed by atoms with Gasteiger partial charge in [-0.2, -0.15) is 0 Å². The molecule has 1 atom stereocenters. The van der Waals surface area contributed by atoms with Crippen molar-refractivity contribution in [3.63, 3.8) is 0 Å². The summed E-state index contributed by atoms with van der Waals surface area (Å²) in [6, 6.07) is 0.822. The highest BCUT2D eigenvalue weighted by Crippen LogP contribution is 2.53. The minimum atomic E-state index is 0. The van der Waals surface area contributed by atoms with Crippen molar-refractivity contribution in [1.82, 2.24) is 5.32 Å². The number of hydrogen-bond acceptors (Lipinski definition) is 1. The first-order valence-electron chi connectivity index (χ1n) is 3.57. The molecule has 0 aromatic rings. The Labute approximate surface area is 62.6 Å². The van der Waals surface area contributed by atoms with Crippen LogP contribution in [0.3, 0.4) is 0 Å². The highest BCUT2D eigenvalue weighted by Gasteiger charge is 2.49. The van der Waals surface area contributed by atoms with Crippen molar-refractivity contribution in [3.05, 3.63) is 0 Å². The minimum absolute atomic E-state index is 0. The Hall–Kier alpha value is 0.250. The topological polar surface area (TPSA) is 12.0 Å². The predicted molar refractivity (Wildman–Crippen MR) is 41.0 cm³/mol. The fraction of sp³-hybridized carbons (Fsp3) is 1.00. The summed E-state index contributed by atoms with van der Waals surface area (Å²) in [4.78, 5) is 0. The Morgan fingerprint density at radius 2 is 2.00 bits per heavy atom. The first kappa shape index (κ1) is 7.36. The zero-order chi connectivity index (χ0) is 5.61. The molecule has 1 aliphatic carbocycles. The van der Waals surface area contributed by atoms with Crippen LogP contribution in [0.1, 0.15) is 26.2 Å². The fourth-order valence-corrected chi connectivity index (χ4v) is 1.81. The lowest BCUT2D eigenvalue weighted by molar-refractivity contribution is 0.458. The summed E-state index contributed by atoms with van der Waals surface area (Å²) in [6.07, 6.45) is 4.41. The quantitative estimate of drug-likeness (QED) is 0.549. The molecule has 1 heterocycles. The summed E-state index contributed by atoms with van der Waals surface area (Å²) in [5.41, 5.74) is 0.792. The molecule has 0 radical (unpaired) electrons. The fourth-order valence-electron chi connectivity index (χ4n) is 1.81. The highest BCUT2D eigenvalue weighted by molar-refractivity contribution is 5.85. The van der Waals surface area contributed by atoms with Gasteiger partial charge < -0.3 is 5.32 Å². The summed E-state index contributed by atoms with van der Waals surface area (Å²) >= 11 is 0. The molecule has 1 aliphatic heterocycles. The molecule has 9 heavy (non-hydrogen) atoms. The van der Waals surface area contributed by atoms with E-state index in [4.69, 9.17) is 0 Å². The lowest BCUT2D eigenvalue weighted by Crippen LogP contribution is -2.23. The monoisotopic (exact) mass is 147 g/mol. The molecule has 1 N–H and O–H groups in total. The minimum Gasteiger partial charge on any atom is -0.314 e. The summed E-state index contributed by atoms with van der Waals surface area (Å²) in [7, 11) is 0. The van der Waals surface area contributed by atoms with Gasteiger partial charge in [-0.05, 0) is 38.1 Å². The molecule has 1 spiro atoms. The molecule has 0 bridgehead atoms. The third-order valence-electron chi connectivity index (χ3n) is 2.88. The van der Waals surface area contributed by atoms with Crippen LogP contribution in [0.5, 0.6) is 0 Å². The van der Waals surface area contributed by atoms with Gasteiger partial charge in [0.15, 0.2) is 0 Å². The Balaban J connectivity index is 0.000000405.